The maximum atomic E-state index is 13.5. The van der Waals surface area contributed by atoms with Gasteiger partial charge >= 0.3 is 7.52 Å². The van der Waals surface area contributed by atoms with E-state index in [1.165, 1.54) is 0 Å². The Labute approximate surface area is 118 Å². The molecule has 0 saturated carbocycles. The summed E-state index contributed by atoms with van der Waals surface area (Å²) in [4.78, 5) is 0. The van der Waals surface area contributed by atoms with Crippen LogP contribution in [0.25, 0.3) is 11.1 Å². The molecule has 0 aliphatic carbocycles. The molecule has 4 heteroatoms. The summed E-state index contributed by atoms with van der Waals surface area (Å²) in [5.41, 5.74) is 2.08. The second kappa shape index (κ2) is 4.47. The third-order valence-corrected chi connectivity index (χ3v) is 6.65. The van der Waals surface area contributed by atoms with Crippen LogP contribution in [0.4, 0.5) is 0 Å². The van der Waals surface area contributed by atoms with Crippen molar-refractivity contribution in [2.24, 2.45) is 0 Å². The van der Waals surface area contributed by atoms with Crippen molar-refractivity contribution in [2.75, 3.05) is 13.1 Å². The monoisotopic (exact) mass is 285 g/mol. The highest BCUT2D eigenvalue weighted by Crippen LogP contribution is 2.57. The van der Waals surface area contributed by atoms with E-state index in [0.29, 0.717) is 0 Å². The Morgan fingerprint density at radius 1 is 0.900 bits per heavy atom. The molecule has 0 amide bonds. The minimum absolute atomic E-state index is 0.737. The molecule has 2 aliphatic rings. The maximum absolute atomic E-state index is 13.5. The number of fused-ring (bicyclic) bond motifs is 3. The van der Waals surface area contributed by atoms with Crippen LogP contribution in [0.2, 0.25) is 0 Å². The van der Waals surface area contributed by atoms with Gasteiger partial charge < -0.3 is 4.52 Å². The first kappa shape index (κ1) is 12.2. The normalized spacial score (nSPS) is 24.8. The molecule has 1 fully saturated rings. The highest BCUT2D eigenvalue weighted by Gasteiger charge is 2.42. The van der Waals surface area contributed by atoms with Gasteiger partial charge in [0.25, 0.3) is 0 Å². The molecule has 0 spiro atoms. The molecular formula is C16H16NO2P. The lowest BCUT2D eigenvalue weighted by Crippen LogP contribution is -2.30. The standard InChI is InChI=1S/C16H16NO2P/c18-20(17-11-5-6-12-17)16-10-4-2-8-14(16)13-7-1-3-9-15(13)19-20/h1-4,7-10H,5-6,11-12H2. The summed E-state index contributed by atoms with van der Waals surface area (Å²) in [6.45, 7) is 1.71. The Hall–Kier alpha value is -1.57. The molecule has 0 N–H and O–H groups in total. The molecule has 2 heterocycles. The van der Waals surface area contributed by atoms with Crippen molar-refractivity contribution in [3.63, 3.8) is 0 Å². The van der Waals surface area contributed by atoms with Crippen LogP contribution in [0.15, 0.2) is 48.5 Å². The van der Waals surface area contributed by atoms with Crippen LogP contribution in [-0.2, 0) is 4.57 Å². The number of nitrogens with zero attached hydrogens (tertiary/aromatic N) is 1. The Balaban J connectivity index is 1.95. The zero-order chi connectivity index (χ0) is 13.6. The van der Waals surface area contributed by atoms with Crippen molar-refractivity contribution in [1.29, 1.82) is 0 Å². The Morgan fingerprint density at radius 3 is 2.35 bits per heavy atom. The molecule has 2 aromatic carbocycles. The zero-order valence-electron chi connectivity index (χ0n) is 11.2. The number of benzene rings is 2. The summed E-state index contributed by atoms with van der Waals surface area (Å²) >= 11 is 0. The topological polar surface area (TPSA) is 29.5 Å². The van der Waals surface area contributed by atoms with Crippen molar-refractivity contribution in [3.8, 4) is 16.9 Å². The predicted molar refractivity (Wildman–Crippen MR) is 80.6 cm³/mol. The molecule has 3 nitrogen and oxygen atoms in total. The summed E-state index contributed by atoms with van der Waals surface area (Å²) in [6.07, 6.45) is 2.19. The van der Waals surface area contributed by atoms with Gasteiger partial charge in [0.05, 0.1) is 5.30 Å². The zero-order valence-corrected chi connectivity index (χ0v) is 12.1. The van der Waals surface area contributed by atoms with Crippen LogP contribution in [0.5, 0.6) is 5.75 Å². The van der Waals surface area contributed by atoms with Crippen molar-refractivity contribution in [3.05, 3.63) is 48.5 Å². The van der Waals surface area contributed by atoms with Gasteiger partial charge in [0, 0.05) is 24.2 Å². The Morgan fingerprint density at radius 2 is 1.55 bits per heavy atom. The molecule has 102 valence electrons. The van der Waals surface area contributed by atoms with Gasteiger partial charge in [-0.25, -0.2) is 4.67 Å². The van der Waals surface area contributed by atoms with Gasteiger partial charge in [-0.05, 0) is 25.0 Å². The fourth-order valence-electron chi connectivity index (χ4n) is 3.07. The molecule has 0 bridgehead atoms. The fraction of sp³-hybridized carbons (Fsp3) is 0.250. The molecule has 2 aromatic rings. The lowest BCUT2D eigenvalue weighted by Gasteiger charge is -2.33. The van der Waals surface area contributed by atoms with Crippen molar-refractivity contribution < 1.29 is 9.09 Å². The summed E-state index contributed by atoms with van der Waals surface area (Å²) < 4.78 is 21.6. The smallest absolute Gasteiger partial charge is 0.350 e. The molecule has 0 radical (unpaired) electrons. The molecular weight excluding hydrogens is 269 g/mol. The second-order valence-corrected chi connectivity index (χ2v) is 7.56. The SMILES string of the molecule is O=P1(N2CCCC2)Oc2ccccc2-c2ccccc21. The molecule has 20 heavy (non-hydrogen) atoms. The lowest BCUT2D eigenvalue weighted by molar-refractivity contribution is 0.400. The first-order chi connectivity index (χ1) is 9.79. The predicted octanol–water partition coefficient (Wildman–Crippen LogP) is 3.66. The van der Waals surface area contributed by atoms with Gasteiger partial charge in [-0.1, -0.05) is 36.4 Å². The number of hydrogen-bond acceptors (Lipinski definition) is 2. The van der Waals surface area contributed by atoms with Gasteiger partial charge in [-0.2, -0.15) is 0 Å². The van der Waals surface area contributed by atoms with E-state index in [0.717, 1.165) is 48.1 Å². The van der Waals surface area contributed by atoms with Crippen LogP contribution in [-0.4, -0.2) is 17.8 Å². The first-order valence-electron chi connectivity index (χ1n) is 7.03. The second-order valence-electron chi connectivity index (χ2n) is 5.29. The van der Waals surface area contributed by atoms with Crippen molar-refractivity contribution in [2.45, 2.75) is 12.8 Å². The van der Waals surface area contributed by atoms with E-state index in [4.69, 9.17) is 4.52 Å². The molecule has 1 atom stereocenters. The molecule has 0 aromatic heterocycles. The lowest BCUT2D eigenvalue weighted by atomic mass is 10.0. The van der Waals surface area contributed by atoms with Crippen LogP contribution in [0.1, 0.15) is 12.8 Å². The molecule has 2 aliphatic heterocycles. The molecule has 1 unspecified atom stereocenters. The average Bonchev–Trinajstić information content (AvgIpc) is 3.03. The van der Waals surface area contributed by atoms with E-state index < -0.39 is 7.52 Å². The minimum atomic E-state index is -2.95. The Bertz CT molecular complexity index is 707. The van der Waals surface area contributed by atoms with Crippen LogP contribution < -0.4 is 9.83 Å². The molecule has 4 rings (SSSR count). The van der Waals surface area contributed by atoms with Gasteiger partial charge in [0.2, 0.25) is 0 Å². The highest BCUT2D eigenvalue weighted by molar-refractivity contribution is 7.65. The van der Waals surface area contributed by atoms with Gasteiger partial charge in [-0.15, -0.1) is 0 Å². The van der Waals surface area contributed by atoms with Gasteiger partial charge in [0.1, 0.15) is 5.75 Å². The number of hydrogen-bond donors (Lipinski definition) is 0. The van der Waals surface area contributed by atoms with E-state index in [1.54, 1.807) is 0 Å². The average molecular weight is 285 g/mol. The van der Waals surface area contributed by atoms with Crippen LogP contribution in [0, 0.1) is 0 Å². The quantitative estimate of drug-likeness (QED) is 0.749. The Kier molecular flexibility index (Phi) is 2.73. The number of rotatable bonds is 1. The number of para-hydroxylation sites is 1. The van der Waals surface area contributed by atoms with Gasteiger partial charge in [0.15, 0.2) is 0 Å². The molecule has 1 saturated heterocycles. The van der Waals surface area contributed by atoms with E-state index in [9.17, 15) is 4.57 Å². The van der Waals surface area contributed by atoms with E-state index >= 15 is 0 Å². The van der Waals surface area contributed by atoms with E-state index in [1.807, 2.05) is 53.2 Å². The highest BCUT2D eigenvalue weighted by atomic mass is 31.2. The van der Waals surface area contributed by atoms with Crippen LogP contribution >= 0.6 is 7.52 Å². The van der Waals surface area contributed by atoms with Crippen LogP contribution in [0.3, 0.4) is 0 Å². The third kappa shape index (κ3) is 1.67. The summed E-state index contributed by atoms with van der Waals surface area (Å²) in [6, 6.07) is 15.8. The summed E-state index contributed by atoms with van der Waals surface area (Å²) in [7, 11) is -2.95. The van der Waals surface area contributed by atoms with Gasteiger partial charge in [-0.3, -0.25) is 4.57 Å². The first-order valence-corrected chi connectivity index (χ1v) is 8.61. The van der Waals surface area contributed by atoms with E-state index in [2.05, 4.69) is 0 Å². The third-order valence-electron chi connectivity index (χ3n) is 4.06. The van der Waals surface area contributed by atoms with Crippen molar-refractivity contribution >= 4 is 12.8 Å². The summed E-state index contributed by atoms with van der Waals surface area (Å²) in [5.74, 6) is 0.737. The summed E-state index contributed by atoms with van der Waals surface area (Å²) in [5, 5.41) is 0.848. The maximum Gasteiger partial charge on any atom is 0.350 e. The minimum Gasteiger partial charge on any atom is -0.429 e. The van der Waals surface area contributed by atoms with E-state index in [-0.39, 0.29) is 0 Å². The largest absolute Gasteiger partial charge is 0.429 e. The van der Waals surface area contributed by atoms with Crippen molar-refractivity contribution in [1.82, 2.24) is 4.67 Å². The fourth-order valence-corrected chi connectivity index (χ4v) is 5.60.